The summed E-state index contributed by atoms with van der Waals surface area (Å²) < 4.78 is 10.9. The molecule has 1 amide bonds. The molecule has 0 aromatic carbocycles. The highest BCUT2D eigenvalue weighted by Gasteiger charge is 2.32. The molecule has 110 valence electrons. The van der Waals surface area contributed by atoms with Crippen LogP contribution in [0, 0.1) is 12.8 Å². The number of hydrogen-bond donors (Lipinski definition) is 2. The first kappa shape index (κ1) is 15.1. The van der Waals surface area contributed by atoms with Gasteiger partial charge in [-0.1, -0.05) is 0 Å². The Bertz CT molecular complexity index is 507. The summed E-state index contributed by atoms with van der Waals surface area (Å²) in [5.41, 5.74) is 0.651. The Morgan fingerprint density at radius 2 is 2.30 bits per heavy atom. The van der Waals surface area contributed by atoms with Crippen molar-refractivity contribution in [1.29, 1.82) is 0 Å². The minimum absolute atomic E-state index is 0.125. The molecular weight excluding hydrogens is 330 g/mol. The van der Waals surface area contributed by atoms with E-state index in [1.54, 1.807) is 13.0 Å². The van der Waals surface area contributed by atoms with E-state index in [1.165, 1.54) is 0 Å². The van der Waals surface area contributed by atoms with Crippen LogP contribution in [-0.2, 0) is 9.53 Å². The van der Waals surface area contributed by atoms with E-state index in [9.17, 15) is 14.7 Å². The lowest BCUT2D eigenvalue weighted by molar-refractivity contribution is -0.142. The molecule has 1 aliphatic rings. The largest absolute Gasteiger partial charge is 0.480 e. The van der Waals surface area contributed by atoms with Crippen LogP contribution in [0.3, 0.4) is 0 Å². The molecule has 0 aliphatic carbocycles. The standard InChI is InChI=1S/C13H16BrNO5/c1-7-5-9(14)20-11(7)12(16)15-10(13(17)18)8-3-2-4-19-6-8/h5,8,10H,2-4,6H2,1H3,(H,15,16)(H,17,18). The third kappa shape index (κ3) is 3.40. The lowest BCUT2D eigenvalue weighted by Gasteiger charge is -2.27. The van der Waals surface area contributed by atoms with Gasteiger partial charge < -0.3 is 19.6 Å². The zero-order valence-electron chi connectivity index (χ0n) is 11.0. The van der Waals surface area contributed by atoms with Crippen molar-refractivity contribution in [3.8, 4) is 0 Å². The van der Waals surface area contributed by atoms with E-state index in [2.05, 4.69) is 21.2 Å². The molecule has 2 atom stereocenters. The minimum atomic E-state index is -1.06. The van der Waals surface area contributed by atoms with E-state index in [0.717, 1.165) is 12.8 Å². The number of rotatable bonds is 4. The maximum absolute atomic E-state index is 12.1. The van der Waals surface area contributed by atoms with Gasteiger partial charge in [0.2, 0.25) is 0 Å². The molecule has 2 heterocycles. The Hall–Kier alpha value is -1.34. The smallest absolute Gasteiger partial charge is 0.326 e. The zero-order valence-corrected chi connectivity index (χ0v) is 12.6. The van der Waals surface area contributed by atoms with Gasteiger partial charge in [0.25, 0.3) is 5.91 Å². The number of nitrogens with one attached hydrogen (secondary N) is 1. The van der Waals surface area contributed by atoms with Crippen molar-refractivity contribution < 1.29 is 23.8 Å². The molecule has 1 saturated heterocycles. The van der Waals surface area contributed by atoms with Crippen molar-refractivity contribution in [1.82, 2.24) is 5.32 Å². The van der Waals surface area contributed by atoms with Gasteiger partial charge in [-0.15, -0.1) is 0 Å². The number of aliphatic carboxylic acids is 1. The molecule has 1 aromatic heterocycles. The van der Waals surface area contributed by atoms with Crippen LogP contribution >= 0.6 is 15.9 Å². The summed E-state index contributed by atoms with van der Waals surface area (Å²) >= 11 is 3.14. The molecule has 2 rings (SSSR count). The Kier molecular flexibility index (Phi) is 4.82. The van der Waals surface area contributed by atoms with Crippen LogP contribution in [0.15, 0.2) is 15.2 Å². The summed E-state index contributed by atoms with van der Waals surface area (Å²) in [7, 11) is 0. The Balaban J connectivity index is 2.09. The number of carbonyl (C=O) groups excluding carboxylic acids is 1. The van der Waals surface area contributed by atoms with Gasteiger partial charge in [0.05, 0.1) is 6.61 Å². The number of amides is 1. The summed E-state index contributed by atoms with van der Waals surface area (Å²) in [6.45, 7) is 2.71. The van der Waals surface area contributed by atoms with E-state index in [4.69, 9.17) is 9.15 Å². The minimum Gasteiger partial charge on any atom is -0.480 e. The molecular formula is C13H16BrNO5. The summed E-state index contributed by atoms with van der Waals surface area (Å²) in [4.78, 5) is 23.5. The van der Waals surface area contributed by atoms with Crippen LogP contribution in [0.2, 0.25) is 0 Å². The molecule has 1 fully saturated rings. The fourth-order valence-electron chi connectivity index (χ4n) is 2.29. The van der Waals surface area contributed by atoms with Crippen LogP contribution < -0.4 is 5.32 Å². The summed E-state index contributed by atoms with van der Waals surface area (Å²) in [5, 5.41) is 11.8. The van der Waals surface area contributed by atoms with Gasteiger partial charge in [-0.2, -0.15) is 0 Å². The number of carbonyl (C=O) groups is 2. The van der Waals surface area contributed by atoms with Crippen LogP contribution in [0.4, 0.5) is 0 Å². The Morgan fingerprint density at radius 3 is 2.80 bits per heavy atom. The monoisotopic (exact) mass is 345 g/mol. The number of furan rings is 1. The zero-order chi connectivity index (χ0) is 14.7. The van der Waals surface area contributed by atoms with Crippen LogP contribution in [-0.4, -0.2) is 36.2 Å². The van der Waals surface area contributed by atoms with Crippen molar-refractivity contribution in [2.75, 3.05) is 13.2 Å². The van der Waals surface area contributed by atoms with Gasteiger partial charge in [0, 0.05) is 18.1 Å². The summed E-state index contributed by atoms with van der Waals surface area (Å²) in [6.07, 6.45) is 1.52. The fraction of sp³-hybridized carbons (Fsp3) is 0.538. The normalized spacial score (nSPS) is 20.4. The average molecular weight is 346 g/mol. The van der Waals surface area contributed by atoms with E-state index in [0.29, 0.717) is 23.4 Å². The second kappa shape index (κ2) is 6.41. The van der Waals surface area contributed by atoms with Crippen molar-refractivity contribution >= 4 is 27.8 Å². The number of halogens is 1. The quantitative estimate of drug-likeness (QED) is 0.870. The molecule has 0 saturated carbocycles. The molecule has 20 heavy (non-hydrogen) atoms. The average Bonchev–Trinajstić information content (AvgIpc) is 2.75. The summed E-state index contributed by atoms with van der Waals surface area (Å²) in [6, 6.07) is 0.695. The van der Waals surface area contributed by atoms with Crippen LogP contribution in [0.25, 0.3) is 0 Å². The van der Waals surface area contributed by atoms with Gasteiger partial charge in [0.1, 0.15) is 6.04 Å². The maximum atomic E-state index is 12.1. The first-order valence-electron chi connectivity index (χ1n) is 6.36. The van der Waals surface area contributed by atoms with Gasteiger partial charge in [-0.05, 0) is 41.8 Å². The molecule has 2 unspecified atom stereocenters. The van der Waals surface area contributed by atoms with Crippen molar-refractivity contribution in [3.63, 3.8) is 0 Å². The van der Waals surface area contributed by atoms with Crippen LogP contribution in [0.1, 0.15) is 29.0 Å². The Labute approximate surface area is 124 Å². The highest BCUT2D eigenvalue weighted by Crippen LogP contribution is 2.21. The van der Waals surface area contributed by atoms with Gasteiger partial charge in [-0.3, -0.25) is 4.79 Å². The highest BCUT2D eigenvalue weighted by molar-refractivity contribution is 9.10. The van der Waals surface area contributed by atoms with Gasteiger partial charge in [0.15, 0.2) is 10.4 Å². The molecule has 0 radical (unpaired) electrons. The lowest BCUT2D eigenvalue weighted by atomic mass is 9.93. The number of hydrogen-bond acceptors (Lipinski definition) is 4. The molecule has 2 N–H and O–H groups in total. The molecule has 6 nitrogen and oxygen atoms in total. The lowest BCUT2D eigenvalue weighted by Crippen LogP contribution is -2.48. The number of carboxylic acid groups (broad SMARTS) is 1. The van der Waals surface area contributed by atoms with Gasteiger partial charge >= 0.3 is 5.97 Å². The molecule has 1 aromatic rings. The second-order valence-electron chi connectivity index (χ2n) is 4.83. The predicted octanol–water partition coefficient (Wildman–Crippen LogP) is 1.96. The Morgan fingerprint density at radius 1 is 1.55 bits per heavy atom. The van der Waals surface area contributed by atoms with E-state index in [1.807, 2.05) is 0 Å². The first-order valence-corrected chi connectivity index (χ1v) is 7.15. The molecule has 7 heteroatoms. The third-order valence-electron chi connectivity index (χ3n) is 3.31. The van der Waals surface area contributed by atoms with E-state index < -0.39 is 17.9 Å². The summed E-state index contributed by atoms with van der Waals surface area (Å²) in [5.74, 6) is -1.67. The topological polar surface area (TPSA) is 88.8 Å². The van der Waals surface area contributed by atoms with E-state index >= 15 is 0 Å². The maximum Gasteiger partial charge on any atom is 0.326 e. The fourth-order valence-corrected chi connectivity index (χ4v) is 2.79. The highest BCUT2D eigenvalue weighted by atomic mass is 79.9. The van der Waals surface area contributed by atoms with Crippen molar-refractivity contribution in [3.05, 3.63) is 22.1 Å². The predicted molar refractivity (Wildman–Crippen MR) is 73.6 cm³/mol. The SMILES string of the molecule is Cc1cc(Br)oc1C(=O)NC(C(=O)O)C1CCCOC1. The van der Waals surface area contributed by atoms with Crippen molar-refractivity contribution in [2.24, 2.45) is 5.92 Å². The number of carboxylic acids is 1. The van der Waals surface area contributed by atoms with Crippen LogP contribution in [0.5, 0.6) is 0 Å². The first-order chi connectivity index (χ1) is 9.49. The van der Waals surface area contributed by atoms with Gasteiger partial charge in [-0.25, -0.2) is 4.79 Å². The molecule has 0 bridgehead atoms. The third-order valence-corrected chi connectivity index (χ3v) is 3.70. The number of aryl methyl sites for hydroxylation is 1. The van der Waals surface area contributed by atoms with E-state index in [-0.39, 0.29) is 11.7 Å². The van der Waals surface area contributed by atoms with Crippen molar-refractivity contribution in [2.45, 2.75) is 25.8 Å². The molecule has 0 spiro atoms. The number of ether oxygens (including phenoxy) is 1. The molecule has 1 aliphatic heterocycles. The second-order valence-corrected chi connectivity index (χ2v) is 5.61.